The minimum Gasteiger partial charge on any atom is -0.495 e. The Morgan fingerprint density at radius 2 is 2.00 bits per heavy atom. The first-order valence-electron chi connectivity index (χ1n) is 6.32. The van der Waals surface area contributed by atoms with Crippen molar-refractivity contribution < 1.29 is 18.8 Å². The fraction of sp³-hybridized carbons (Fsp3) is 0.133. The zero-order valence-electron chi connectivity index (χ0n) is 11.9. The first-order chi connectivity index (χ1) is 10.4. The van der Waals surface area contributed by atoms with Crippen LogP contribution in [-0.2, 0) is 0 Å². The molecule has 2 rings (SSSR count). The summed E-state index contributed by atoms with van der Waals surface area (Å²) in [6.45, 7) is 1.85. The fourth-order valence-corrected chi connectivity index (χ4v) is 1.91. The van der Waals surface area contributed by atoms with E-state index in [-0.39, 0.29) is 5.56 Å². The summed E-state index contributed by atoms with van der Waals surface area (Å²) in [6, 6.07) is 8.18. The maximum atomic E-state index is 13.3. The van der Waals surface area contributed by atoms with Gasteiger partial charge >= 0.3 is 5.69 Å². The van der Waals surface area contributed by atoms with Gasteiger partial charge in [-0.05, 0) is 36.8 Å². The van der Waals surface area contributed by atoms with Crippen LogP contribution >= 0.6 is 0 Å². The molecular weight excluding hydrogens is 291 g/mol. The van der Waals surface area contributed by atoms with Crippen molar-refractivity contribution in [3.63, 3.8) is 0 Å². The van der Waals surface area contributed by atoms with Crippen molar-refractivity contribution in [2.24, 2.45) is 0 Å². The number of rotatable bonds is 4. The second-order valence-corrected chi connectivity index (χ2v) is 4.58. The molecule has 0 heterocycles. The molecule has 0 aliphatic carbocycles. The van der Waals surface area contributed by atoms with Gasteiger partial charge in [-0.1, -0.05) is 6.07 Å². The van der Waals surface area contributed by atoms with Gasteiger partial charge in [-0.2, -0.15) is 4.39 Å². The number of nitrogens with one attached hydrogen (secondary N) is 1. The lowest BCUT2D eigenvalue weighted by atomic mass is 10.1. The normalized spacial score (nSPS) is 10.1. The van der Waals surface area contributed by atoms with Crippen molar-refractivity contribution in [3.05, 3.63) is 63.5 Å². The van der Waals surface area contributed by atoms with Gasteiger partial charge in [0.2, 0.25) is 5.82 Å². The molecule has 0 aromatic heterocycles. The SMILES string of the molecule is COc1ccc(C)cc1NC(=O)c1ccc(F)c([N+](=O)[O-])c1. The number of hydrogen-bond donors (Lipinski definition) is 1. The van der Waals surface area contributed by atoms with E-state index in [0.29, 0.717) is 11.4 Å². The molecule has 0 saturated heterocycles. The van der Waals surface area contributed by atoms with E-state index in [1.165, 1.54) is 13.2 Å². The summed E-state index contributed by atoms with van der Waals surface area (Å²) < 4.78 is 18.4. The number of methoxy groups -OCH3 is 1. The van der Waals surface area contributed by atoms with Crippen LogP contribution in [0.15, 0.2) is 36.4 Å². The Labute approximate surface area is 125 Å². The Morgan fingerprint density at radius 3 is 2.64 bits per heavy atom. The summed E-state index contributed by atoms with van der Waals surface area (Å²) >= 11 is 0. The predicted octanol–water partition coefficient (Wildman–Crippen LogP) is 3.30. The first kappa shape index (κ1) is 15.4. The standard InChI is InChI=1S/C15H13FN2O4/c1-9-3-6-14(22-2)12(7-9)17-15(19)10-4-5-11(16)13(8-10)18(20)21/h3-8H,1-2H3,(H,17,19). The number of aryl methyl sites for hydroxylation is 1. The fourth-order valence-electron chi connectivity index (χ4n) is 1.91. The number of carbonyl (C=O) groups is 1. The van der Waals surface area contributed by atoms with Crippen LogP contribution in [0.5, 0.6) is 5.75 Å². The third-order valence-electron chi connectivity index (χ3n) is 3.01. The second-order valence-electron chi connectivity index (χ2n) is 4.58. The zero-order valence-corrected chi connectivity index (χ0v) is 11.9. The van der Waals surface area contributed by atoms with Crippen LogP contribution in [0.2, 0.25) is 0 Å². The average molecular weight is 304 g/mol. The molecular formula is C15H13FN2O4. The smallest absolute Gasteiger partial charge is 0.305 e. The topological polar surface area (TPSA) is 81.5 Å². The molecule has 2 aromatic carbocycles. The highest BCUT2D eigenvalue weighted by Crippen LogP contribution is 2.26. The van der Waals surface area contributed by atoms with Crippen molar-refractivity contribution in [1.29, 1.82) is 0 Å². The van der Waals surface area contributed by atoms with E-state index in [2.05, 4.69) is 5.32 Å². The number of halogens is 1. The molecule has 0 unspecified atom stereocenters. The largest absolute Gasteiger partial charge is 0.495 e. The van der Waals surface area contributed by atoms with Crippen LogP contribution in [0, 0.1) is 22.9 Å². The van der Waals surface area contributed by atoms with Crippen LogP contribution in [0.4, 0.5) is 15.8 Å². The van der Waals surface area contributed by atoms with E-state index < -0.39 is 22.3 Å². The molecule has 0 aliphatic rings. The van der Waals surface area contributed by atoms with Gasteiger partial charge < -0.3 is 10.1 Å². The molecule has 0 saturated carbocycles. The summed E-state index contributed by atoms with van der Waals surface area (Å²) in [4.78, 5) is 22.0. The van der Waals surface area contributed by atoms with Crippen molar-refractivity contribution in [2.45, 2.75) is 6.92 Å². The monoisotopic (exact) mass is 304 g/mol. The molecule has 0 fully saturated rings. The summed E-state index contributed by atoms with van der Waals surface area (Å²) in [5, 5.41) is 13.3. The molecule has 1 N–H and O–H groups in total. The number of ether oxygens (including phenoxy) is 1. The number of nitro groups is 1. The van der Waals surface area contributed by atoms with Gasteiger partial charge in [-0.15, -0.1) is 0 Å². The Hall–Kier alpha value is -2.96. The van der Waals surface area contributed by atoms with E-state index in [9.17, 15) is 19.3 Å². The van der Waals surface area contributed by atoms with E-state index in [4.69, 9.17) is 4.74 Å². The maximum Gasteiger partial charge on any atom is 0.305 e. The Morgan fingerprint density at radius 1 is 1.27 bits per heavy atom. The van der Waals surface area contributed by atoms with Gasteiger partial charge in [0.25, 0.3) is 5.91 Å². The molecule has 0 spiro atoms. The van der Waals surface area contributed by atoms with Crippen molar-refractivity contribution >= 4 is 17.3 Å². The van der Waals surface area contributed by atoms with E-state index in [0.717, 1.165) is 17.7 Å². The third kappa shape index (κ3) is 3.20. The van der Waals surface area contributed by atoms with Gasteiger partial charge in [0.15, 0.2) is 0 Å². The van der Waals surface area contributed by atoms with Crippen LogP contribution in [0.25, 0.3) is 0 Å². The van der Waals surface area contributed by atoms with E-state index in [1.54, 1.807) is 12.1 Å². The summed E-state index contributed by atoms with van der Waals surface area (Å²) in [5.74, 6) is -1.13. The highest BCUT2D eigenvalue weighted by Gasteiger charge is 2.18. The van der Waals surface area contributed by atoms with Crippen molar-refractivity contribution in [2.75, 3.05) is 12.4 Å². The zero-order chi connectivity index (χ0) is 16.3. The minimum absolute atomic E-state index is 0.0170. The highest BCUT2D eigenvalue weighted by atomic mass is 19.1. The number of hydrogen-bond acceptors (Lipinski definition) is 4. The number of carbonyl (C=O) groups excluding carboxylic acids is 1. The van der Waals surface area contributed by atoms with Crippen LogP contribution in [-0.4, -0.2) is 17.9 Å². The van der Waals surface area contributed by atoms with E-state index >= 15 is 0 Å². The number of nitro benzene ring substituents is 1. The van der Waals surface area contributed by atoms with E-state index in [1.807, 2.05) is 13.0 Å². The lowest BCUT2D eigenvalue weighted by molar-refractivity contribution is -0.387. The number of nitrogens with zero attached hydrogens (tertiary/aromatic N) is 1. The predicted molar refractivity (Wildman–Crippen MR) is 78.7 cm³/mol. The minimum atomic E-state index is -0.991. The molecule has 0 bridgehead atoms. The maximum absolute atomic E-state index is 13.3. The quantitative estimate of drug-likeness (QED) is 0.694. The molecule has 0 atom stereocenters. The van der Waals surface area contributed by atoms with Gasteiger partial charge in [-0.3, -0.25) is 14.9 Å². The molecule has 114 valence electrons. The van der Waals surface area contributed by atoms with Crippen LogP contribution < -0.4 is 10.1 Å². The summed E-state index contributed by atoms with van der Waals surface area (Å²) in [5.41, 5.74) is 0.571. The van der Waals surface area contributed by atoms with Gasteiger partial charge in [0.05, 0.1) is 17.7 Å². The Balaban J connectivity index is 2.32. The number of anilines is 1. The van der Waals surface area contributed by atoms with Crippen LogP contribution in [0.3, 0.4) is 0 Å². The number of benzene rings is 2. The molecule has 7 heteroatoms. The Kier molecular flexibility index (Phi) is 4.36. The van der Waals surface area contributed by atoms with Gasteiger partial charge in [-0.25, -0.2) is 0 Å². The molecule has 0 radical (unpaired) electrons. The summed E-state index contributed by atoms with van der Waals surface area (Å²) in [7, 11) is 1.46. The van der Waals surface area contributed by atoms with Gasteiger partial charge in [0, 0.05) is 11.6 Å². The average Bonchev–Trinajstić information content (AvgIpc) is 2.47. The van der Waals surface area contributed by atoms with Crippen molar-refractivity contribution in [3.8, 4) is 5.75 Å². The second kappa shape index (κ2) is 6.21. The molecule has 2 aromatic rings. The molecule has 6 nitrogen and oxygen atoms in total. The highest BCUT2D eigenvalue weighted by molar-refractivity contribution is 6.05. The molecule has 1 amide bonds. The Bertz CT molecular complexity index is 746. The number of amides is 1. The van der Waals surface area contributed by atoms with Crippen molar-refractivity contribution in [1.82, 2.24) is 0 Å². The van der Waals surface area contributed by atoms with Crippen LogP contribution in [0.1, 0.15) is 15.9 Å². The molecule has 22 heavy (non-hydrogen) atoms. The lowest BCUT2D eigenvalue weighted by Crippen LogP contribution is -2.13. The van der Waals surface area contributed by atoms with Gasteiger partial charge in [0.1, 0.15) is 5.75 Å². The third-order valence-corrected chi connectivity index (χ3v) is 3.01. The lowest BCUT2D eigenvalue weighted by Gasteiger charge is -2.11. The molecule has 0 aliphatic heterocycles. The first-order valence-corrected chi connectivity index (χ1v) is 6.32. The summed E-state index contributed by atoms with van der Waals surface area (Å²) in [6.07, 6.45) is 0.